The lowest BCUT2D eigenvalue weighted by atomic mass is 9.90. The van der Waals surface area contributed by atoms with Crippen LogP contribution in [0.3, 0.4) is 0 Å². The quantitative estimate of drug-likeness (QED) is 0.156. The number of halogens is 2. The number of phenols is 2. The van der Waals surface area contributed by atoms with Gasteiger partial charge in [0, 0.05) is 56.4 Å². The van der Waals surface area contributed by atoms with Gasteiger partial charge in [0.1, 0.15) is 0 Å². The van der Waals surface area contributed by atoms with Gasteiger partial charge >= 0.3 is 6.97 Å². The summed E-state index contributed by atoms with van der Waals surface area (Å²) < 4.78 is 37.2. The Bertz CT molecular complexity index is 2080. The lowest BCUT2D eigenvalue weighted by Crippen LogP contribution is -2.53. The molecule has 1 aromatic heterocycles. The number of allylic oxidation sites excluding steroid dienone is 1. The molecule has 0 aliphatic carbocycles. The fraction of sp³-hybridized carbons (Fsp3) is 0.111. The molecule has 0 spiro atoms. The van der Waals surface area contributed by atoms with Gasteiger partial charge in [0.25, 0.3) is 5.84 Å². The molecule has 5 aromatic rings. The molecule has 0 atom stereocenters. The summed E-state index contributed by atoms with van der Waals surface area (Å²) in [7, 11) is 7.71. The molecule has 2 aliphatic heterocycles. The summed E-state index contributed by atoms with van der Waals surface area (Å²) in [6, 6.07) is 30.4. The normalized spacial score (nSPS) is 14.8. The molecule has 0 amide bonds. The number of aromatic hydroxyl groups is 2. The van der Waals surface area contributed by atoms with Crippen LogP contribution in [0.5, 0.6) is 11.5 Å². The number of amidine groups is 1. The Morgan fingerprint density at radius 2 is 1.26 bits per heavy atom. The molecule has 4 aromatic carbocycles. The van der Waals surface area contributed by atoms with Crippen molar-refractivity contribution in [2.24, 2.45) is 4.99 Å². The van der Waals surface area contributed by atoms with Gasteiger partial charge < -0.3 is 37.6 Å². The summed E-state index contributed by atoms with van der Waals surface area (Å²) in [4.78, 5) is 8.90. The van der Waals surface area contributed by atoms with Crippen LogP contribution in [-0.2, 0) is 0 Å². The van der Waals surface area contributed by atoms with Crippen LogP contribution in [0.15, 0.2) is 114 Å². The second-order valence-electron chi connectivity index (χ2n) is 11.9. The van der Waals surface area contributed by atoms with Crippen molar-refractivity contribution in [1.82, 2.24) is 4.48 Å². The van der Waals surface area contributed by atoms with Crippen LogP contribution in [-0.4, -0.2) is 65.9 Å². The maximum Gasteiger partial charge on any atom is 0.642 e. The van der Waals surface area contributed by atoms with E-state index in [1.54, 1.807) is 18.2 Å². The molecule has 230 valence electrons. The first-order valence-electron chi connectivity index (χ1n) is 14.9. The van der Waals surface area contributed by atoms with Crippen molar-refractivity contribution in [2.45, 2.75) is 0 Å². The number of benzene rings is 4. The van der Waals surface area contributed by atoms with E-state index in [1.165, 1.54) is 12.1 Å². The molecule has 0 fully saturated rings. The van der Waals surface area contributed by atoms with E-state index in [-0.39, 0.29) is 28.8 Å². The summed E-state index contributed by atoms with van der Waals surface area (Å²) in [6.07, 6.45) is 1.79. The number of fused-ring (bicyclic) bond motifs is 2. The Morgan fingerprint density at radius 1 is 0.674 bits per heavy atom. The highest BCUT2D eigenvalue weighted by molar-refractivity contribution is 6.63. The average molecular weight is 615 g/mol. The standard InChI is InChI=1S/C36H32BF2N5O2/c1-41(2)27-15-10-24(11-16-27)31-21-29(23-8-6-5-7-9-23)35-40-36-30(26-14-19-33(45)34(46)20-26)22-32(44(36)37(38,39)43(31)35)25-12-17-28(18-13-25)42(3)4/h5-22,45-46H,1-4H3. The van der Waals surface area contributed by atoms with Gasteiger partial charge in [0.2, 0.25) is 5.82 Å². The second-order valence-corrected chi connectivity index (χ2v) is 11.9. The molecule has 46 heavy (non-hydrogen) atoms. The highest BCUT2D eigenvalue weighted by Crippen LogP contribution is 2.47. The summed E-state index contributed by atoms with van der Waals surface area (Å²) in [5, 5.41) is 20.4. The molecule has 2 N–H and O–H groups in total. The summed E-state index contributed by atoms with van der Waals surface area (Å²) in [6.45, 7) is -4.50. The Balaban J connectivity index is 1.52. The minimum atomic E-state index is -4.50. The van der Waals surface area contributed by atoms with Crippen molar-refractivity contribution in [3.63, 3.8) is 0 Å². The molecule has 0 unspecified atom stereocenters. The fourth-order valence-corrected chi connectivity index (χ4v) is 6.14. The van der Waals surface area contributed by atoms with Crippen molar-refractivity contribution >= 4 is 41.3 Å². The predicted molar refractivity (Wildman–Crippen MR) is 183 cm³/mol. The third-order valence-electron chi connectivity index (χ3n) is 8.58. The van der Waals surface area contributed by atoms with Crippen LogP contribution in [0.25, 0.3) is 28.0 Å². The topological polar surface area (TPSA) is 67.2 Å². The molecule has 0 saturated carbocycles. The second kappa shape index (κ2) is 10.8. The van der Waals surface area contributed by atoms with E-state index >= 15 is 8.63 Å². The lowest BCUT2D eigenvalue weighted by Gasteiger charge is -2.32. The molecule has 0 bridgehead atoms. The van der Waals surface area contributed by atoms with Gasteiger partial charge in [0.05, 0.1) is 11.3 Å². The van der Waals surface area contributed by atoms with E-state index in [4.69, 9.17) is 4.99 Å². The SMILES string of the molecule is CN(C)c1ccc(C2=[N+]3C(=Nc4c(-c5ccc(O)c(O)c5)cc(-c5ccc(N(C)C)cc5)n4[B-]3(F)F)C(c3ccccc3)=C2)cc1. The van der Waals surface area contributed by atoms with Crippen molar-refractivity contribution < 1.29 is 23.3 Å². The zero-order valence-electron chi connectivity index (χ0n) is 25.9. The van der Waals surface area contributed by atoms with E-state index in [0.29, 0.717) is 33.5 Å². The highest BCUT2D eigenvalue weighted by Gasteiger charge is 2.53. The van der Waals surface area contributed by atoms with Gasteiger partial charge in [-0.05, 0) is 82.4 Å². The van der Waals surface area contributed by atoms with Crippen LogP contribution in [0, 0.1) is 0 Å². The van der Waals surface area contributed by atoms with Crippen molar-refractivity contribution in [2.75, 3.05) is 38.0 Å². The van der Waals surface area contributed by atoms with Gasteiger partial charge in [-0.2, -0.15) is 0 Å². The number of nitrogens with zero attached hydrogens (tertiary/aromatic N) is 5. The molecule has 7 nitrogen and oxygen atoms in total. The number of aliphatic imine (C=N–C) groups is 1. The molecular weight excluding hydrogens is 583 g/mol. The van der Waals surface area contributed by atoms with Crippen LogP contribution in [0.4, 0.5) is 25.8 Å². The van der Waals surface area contributed by atoms with Gasteiger partial charge in [-0.25, -0.2) is 0 Å². The maximum atomic E-state index is 17.5. The Morgan fingerprint density at radius 3 is 1.85 bits per heavy atom. The van der Waals surface area contributed by atoms with Gasteiger partial charge in [0.15, 0.2) is 11.5 Å². The lowest BCUT2D eigenvalue weighted by molar-refractivity contribution is -0.291. The summed E-state index contributed by atoms with van der Waals surface area (Å²) in [5.74, 6) is -0.432. The first kappa shape index (κ1) is 29.1. The summed E-state index contributed by atoms with van der Waals surface area (Å²) in [5.41, 5.74) is 5.96. The van der Waals surface area contributed by atoms with Crippen molar-refractivity contribution in [3.8, 4) is 33.9 Å². The van der Waals surface area contributed by atoms with Crippen LogP contribution in [0.1, 0.15) is 11.1 Å². The highest BCUT2D eigenvalue weighted by atomic mass is 19.2. The van der Waals surface area contributed by atoms with Gasteiger partial charge in [-0.1, -0.05) is 48.5 Å². The zero-order chi connectivity index (χ0) is 32.3. The Hall–Kier alpha value is -5.64. The smallest absolute Gasteiger partial charge is 0.504 e. The Labute approximate surface area is 266 Å². The number of hydrogen-bond acceptors (Lipinski definition) is 5. The minimum absolute atomic E-state index is 0.0686. The number of hydrogen-bond donors (Lipinski definition) is 2. The molecule has 10 heteroatoms. The molecular formula is C36H32BF2N5O2. The Kier molecular flexibility index (Phi) is 6.81. The van der Waals surface area contributed by atoms with Crippen LogP contribution < -0.4 is 9.80 Å². The predicted octanol–water partition coefficient (Wildman–Crippen LogP) is 7.23. The maximum absolute atomic E-state index is 17.5. The fourth-order valence-electron chi connectivity index (χ4n) is 6.14. The van der Waals surface area contributed by atoms with Gasteiger partial charge in [-0.3, -0.25) is 0 Å². The largest absolute Gasteiger partial charge is 0.642 e. The minimum Gasteiger partial charge on any atom is -0.504 e. The van der Waals surface area contributed by atoms with E-state index in [0.717, 1.165) is 25.9 Å². The first-order chi connectivity index (χ1) is 22.0. The molecule has 0 radical (unpaired) electrons. The van der Waals surface area contributed by atoms with Crippen molar-refractivity contribution in [1.29, 1.82) is 0 Å². The van der Waals surface area contributed by atoms with E-state index < -0.39 is 6.97 Å². The zero-order valence-corrected chi connectivity index (χ0v) is 25.9. The van der Waals surface area contributed by atoms with Crippen LogP contribution >= 0.6 is 0 Å². The van der Waals surface area contributed by atoms with E-state index in [1.807, 2.05) is 117 Å². The first-order valence-corrected chi connectivity index (χ1v) is 14.9. The van der Waals surface area contributed by atoms with Crippen LogP contribution in [0.2, 0.25) is 0 Å². The molecule has 0 saturated heterocycles. The monoisotopic (exact) mass is 615 g/mol. The third kappa shape index (κ3) is 4.65. The number of phenolic OH excluding ortho intramolecular Hbond substituents is 2. The number of aromatic nitrogens is 1. The molecule has 2 aliphatic rings. The molecule has 7 rings (SSSR count). The average Bonchev–Trinajstić information content (AvgIpc) is 3.64. The van der Waals surface area contributed by atoms with Gasteiger partial charge in [-0.15, -0.1) is 0 Å². The summed E-state index contributed by atoms with van der Waals surface area (Å²) >= 11 is 0. The molecule has 3 heterocycles. The van der Waals surface area contributed by atoms with E-state index in [9.17, 15) is 10.2 Å². The van der Waals surface area contributed by atoms with Crippen molar-refractivity contribution in [3.05, 3.63) is 120 Å². The number of rotatable bonds is 6. The number of anilines is 2. The van der Waals surface area contributed by atoms with E-state index in [2.05, 4.69) is 0 Å². The third-order valence-corrected chi connectivity index (χ3v) is 8.58.